The fourth-order valence-corrected chi connectivity index (χ4v) is 6.11. The van der Waals surface area contributed by atoms with Gasteiger partial charge in [0, 0.05) is 34.9 Å². The van der Waals surface area contributed by atoms with Gasteiger partial charge >= 0.3 is 0 Å². The highest BCUT2D eigenvalue weighted by molar-refractivity contribution is 7.24. The van der Waals surface area contributed by atoms with E-state index in [0.717, 1.165) is 31.7 Å². The van der Waals surface area contributed by atoms with Crippen molar-refractivity contribution in [3.63, 3.8) is 0 Å². The molecule has 0 bridgehead atoms. The van der Waals surface area contributed by atoms with E-state index in [4.69, 9.17) is 0 Å². The van der Waals surface area contributed by atoms with Crippen molar-refractivity contribution in [3.05, 3.63) is 138 Å². The van der Waals surface area contributed by atoms with Gasteiger partial charge in [0.25, 0.3) is 0 Å². The first kappa shape index (κ1) is 22.2. The summed E-state index contributed by atoms with van der Waals surface area (Å²) in [5, 5.41) is 0. The number of para-hydroxylation sites is 1. The second-order valence-electron chi connectivity index (χ2n) is 8.84. The summed E-state index contributed by atoms with van der Waals surface area (Å²) in [6.45, 7) is 0. The van der Waals surface area contributed by atoms with Gasteiger partial charge in [0.1, 0.15) is 4.83 Å². The van der Waals surface area contributed by atoms with Gasteiger partial charge < -0.3 is 4.40 Å². The third-order valence-electron chi connectivity index (χ3n) is 6.62. The van der Waals surface area contributed by atoms with Crippen molar-refractivity contribution >= 4 is 38.0 Å². The monoisotopic (exact) mass is 485 g/mol. The van der Waals surface area contributed by atoms with Crippen LogP contribution in [-0.4, -0.2) is 16.0 Å². The summed E-state index contributed by atoms with van der Waals surface area (Å²) in [4.78, 5) is 28.6. The van der Waals surface area contributed by atoms with Gasteiger partial charge in [0.05, 0.1) is 16.1 Å². The van der Waals surface area contributed by atoms with Crippen LogP contribution >= 0.6 is 11.3 Å². The van der Waals surface area contributed by atoms with E-state index in [0.29, 0.717) is 11.1 Å². The molecule has 0 aliphatic rings. The smallest absolute Gasteiger partial charge is 0.170 e. The molecule has 0 N–H and O–H groups in total. The van der Waals surface area contributed by atoms with E-state index >= 15 is 0 Å². The lowest BCUT2D eigenvalue weighted by atomic mass is 9.83. The lowest BCUT2D eigenvalue weighted by molar-refractivity contribution is 0.0894. The van der Waals surface area contributed by atoms with E-state index in [9.17, 15) is 9.59 Å². The molecule has 0 radical (unpaired) electrons. The molecule has 0 spiro atoms. The predicted molar refractivity (Wildman–Crippen MR) is 147 cm³/mol. The number of benzene rings is 4. The van der Waals surface area contributed by atoms with Gasteiger partial charge in [0.2, 0.25) is 0 Å². The van der Waals surface area contributed by atoms with Crippen LogP contribution in [-0.2, 0) is 0 Å². The SMILES string of the molecule is O=C(C[C@H](C(=O)c1ccccc1)c1c(-c2ccccc2)cn2c1sc1ccccc12)c1ccccc1. The fraction of sp³-hybridized carbons (Fsp3) is 0.0625. The average molecular weight is 486 g/mol. The molecule has 0 aliphatic heterocycles. The number of hydrogen-bond acceptors (Lipinski definition) is 3. The molecule has 4 heteroatoms. The zero-order chi connectivity index (χ0) is 24.5. The van der Waals surface area contributed by atoms with Crippen LogP contribution in [0.1, 0.15) is 38.6 Å². The van der Waals surface area contributed by atoms with E-state index in [1.165, 1.54) is 0 Å². The Morgan fingerprint density at radius 2 is 1.28 bits per heavy atom. The maximum Gasteiger partial charge on any atom is 0.170 e. The number of nitrogens with zero attached hydrogens (tertiary/aromatic N) is 1. The number of rotatable bonds is 7. The standard InChI is InChI=1S/C32H23NO2S/c34-28(23-14-6-2-7-15-23)20-25(31(35)24-16-8-3-9-17-24)30-26(22-12-4-1-5-13-22)21-33-27-18-10-11-19-29(27)36-32(30)33/h1-19,21,25H,20H2/t25-/m0/s1. The zero-order valence-electron chi connectivity index (χ0n) is 19.5. The number of Topliss-reactive ketones (excluding diaryl/α,β-unsaturated/α-hetero) is 2. The van der Waals surface area contributed by atoms with Crippen LogP contribution in [0, 0.1) is 0 Å². The molecule has 6 rings (SSSR count). The van der Waals surface area contributed by atoms with Crippen LogP contribution < -0.4 is 0 Å². The van der Waals surface area contributed by atoms with Gasteiger partial charge in [-0.2, -0.15) is 0 Å². The van der Waals surface area contributed by atoms with Crippen molar-refractivity contribution in [2.24, 2.45) is 0 Å². The number of ketones is 2. The van der Waals surface area contributed by atoms with Crippen LogP contribution in [0.5, 0.6) is 0 Å². The Kier molecular flexibility index (Phi) is 5.80. The first-order chi connectivity index (χ1) is 17.7. The van der Waals surface area contributed by atoms with Gasteiger partial charge in [-0.05, 0) is 17.7 Å². The Morgan fingerprint density at radius 1 is 0.694 bits per heavy atom. The second kappa shape index (κ2) is 9.40. The highest BCUT2D eigenvalue weighted by Crippen LogP contribution is 2.42. The molecule has 174 valence electrons. The molecule has 0 unspecified atom stereocenters. The molecule has 3 nitrogen and oxygen atoms in total. The van der Waals surface area contributed by atoms with E-state index in [-0.39, 0.29) is 18.0 Å². The third-order valence-corrected chi connectivity index (χ3v) is 7.80. The third kappa shape index (κ3) is 3.96. The topological polar surface area (TPSA) is 38.5 Å². The van der Waals surface area contributed by atoms with E-state index in [1.807, 2.05) is 91.0 Å². The summed E-state index contributed by atoms with van der Waals surface area (Å²) < 4.78 is 3.32. The Bertz CT molecular complexity index is 1680. The largest absolute Gasteiger partial charge is 0.306 e. The van der Waals surface area contributed by atoms with Crippen LogP contribution in [0.3, 0.4) is 0 Å². The highest BCUT2D eigenvalue weighted by atomic mass is 32.1. The molecule has 0 amide bonds. The van der Waals surface area contributed by atoms with Gasteiger partial charge in [0.15, 0.2) is 11.6 Å². The van der Waals surface area contributed by atoms with Crippen molar-refractivity contribution in [2.45, 2.75) is 12.3 Å². The Labute approximate surface area is 213 Å². The molecule has 2 heterocycles. The van der Waals surface area contributed by atoms with Crippen molar-refractivity contribution in [1.29, 1.82) is 0 Å². The summed E-state index contributed by atoms with van der Waals surface area (Å²) in [7, 11) is 0. The van der Waals surface area contributed by atoms with Crippen LogP contribution in [0.15, 0.2) is 121 Å². The number of hydrogen-bond donors (Lipinski definition) is 0. The molecule has 4 aromatic carbocycles. The second-order valence-corrected chi connectivity index (χ2v) is 9.87. The van der Waals surface area contributed by atoms with Crippen LogP contribution in [0.4, 0.5) is 0 Å². The molecule has 36 heavy (non-hydrogen) atoms. The van der Waals surface area contributed by atoms with Gasteiger partial charge in [-0.3, -0.25) is 9.59 Å². The van der Waals surface area contributed by atoms with Crippen molar-refractivity contribution in [1.82, 2.24) is 4.40 Å². The number of carbonyl (C=O) groups excluding carboxylic acids is 2. The fourth-order valence-electron chi connectivity index (χ4n) is 4.87. The quantitative estimate of drug-likeness (QED) is 0.215. The lowest BCUT2D eigenvalue weighted by Crippen LogP contribution is -2.18. The van der Waals surface area contributed by atoms with Gasteiger partial charge in [-0.1, -0.05) is 103 Å². The summed E-state index contributed by atoms with van der Waals surface area (Å²) in [6, 6.07) is 37.0. The normalized spacial score (nSPS) is 12.1. The highest BCUT2D eigenvalue weighted by Gasteiger charge is 2.31. The van der Waals surface area contributed by atoms with Crippen molar-refractivity contribution in [3.8, 4) is 11.1 Å². The minimum Gasteiger partial charge on any atom is -0.306 e. The Hall–Kier alpha value is -4.28. The van der Waals surface area contributed by atoms with Crippen LogP contribution in [0.25, 0.3) is 26.2 Å². The van der Waals surface area contributed by atoms with Gasteiger partial charge in [-0.25, -0.2) is 0 Å². The number of fused-ring (bicyclic) bond motifs is 3. The number of thiazole rings is 1. The Morgan fingerprint density at radius 3 is 1.97 bits per heavy atom. The summed E-state index contributed by atoms with van der Waals surface area (Å²) >= 11 is 1.67. The van der Waals surface area contributed by atoms with Crippen molar-refractivity contribution < 1.29 is 9.59 Å². The molecule has 2 aromatic heterocycles. The predicted octanol–water partition coefficient (Wildman–Crippen LogP) is 8.06. The zero-order valence-corrected chi connectivity index (χ0v) is 20.3. The molecule has 0 aliphatic carbocycles. The maximum atomic E-state index is 14.1. The maximum absolute atomic E-state index is 14.1. The lowest BCUT2D eigenvalue weighted by Gasteiger charge is -2.17. The number of carbonyl (C=O) groups is 2. The minimum absolute atomic E-state index is 0.0376. The molecular formula is C32H23NO2S. The minimum atomic E-state index is -0.617. The Balaban J connectivity index is 1.59. The van der Waals surface area contributed by atoms with E-state index in [2.05, 4.69) is 34.9 Å². The van der Waals surface area contributed by atoms with E-state index in [1.54, 1.807) is 11.3 Å². The van der Waals surface area contributed by atoms with Crippen LogP contribution in [0.2, 0.25) is 0 Å². The molecular weight excluding hydrogens is 462 g/mol. The molecule has 6 aromatic rings. The first-order valence-electron chi connectivity index (χ1n) is 12.0. The molecule has 0 saturated carbocycles. The molecule has 0 fully saturated rings. The molecule has 1 atom stereocenters. The van der Waals surface area contributed by atoms with Gasteiger partial charge in [-0.15, -0.1) is 11.3 Å². The van der Waals surface area contributed by atoms with Crippen molar-refractivity contribution in [2.75, 3.05) is 0 Å². The molecule has 0 saturated heterocycles. The summed E-state index contributed by atoms with van der Waals surface area (Å²) in [5.74, 6) is -0.694. The van der Waals surface area contributed by atoms with E-state index < -0.39 is 5.92 Å². The summed E-state index contributed by atoms with van der Waals surface area (Å²) in [6.07, 6.45) is 2.22. The summed E-state index contributed by atoms with van der Waals surface area (Å²) in [5.41, 5.74) is 5.27. The first-order valence-corrected chi connectivity index (χ1v) is 12.8. The number of aromatic nitrogens is 1. The average Bonchev–Trinajstić information content (AvgIpc) is 3.49.